The van der Waals surface area contributed by atoms with E-state index in [4.69, 9.17) is 0 Å². The highest BCUT2D eigenvalue weighted by Crippen LogP contribution is 2.29. The smallest absolute Gasteiger partial charge is 0.321 e. The summed E-state index contributed by atoms with van der Waals surface area (Å²) in [6.07, 6.45) is -0.0140. The summed E-state index contributed by atoms with van der Waals surface area (Å²) in [6.45, 7) is 0. The first-order valence-corrected chi connectivity index (χ1v) is 5.06. The molecule has 1 aromatic carbocycles. The van der Waals surface area contributed by atoms with Gasteiger partial charge in [0.2, 0.25) is 0 Å². The van der Waals surface area contributed by atoms with Crippen molar-refractivity contribution in [2.24, 2.45) is 0 Å². The van der Waals surface area contributed by atoms with Crippen LogP contribution in [-0.4, -0.2) is 11.9 Å². The van der Waals surface area contributed by atoms with Crippen molar-refractivity contribution >= 4 is 27.9 Å². The van der Waals surface area contributed by atoms with Gasteiger partial charge >= 0.3 is 11.9 Å². The Labute approximate surface area is 93.4 Å². The van der Waals surface area contributed by atoms with Gasteiger partial charge in [-0.15, -0.1) is 0 Å². The van der Waals surface area contributed by atoms with Gasteiger partial charge < -0.3 is 4.74 Å². The topological polar surface area (TPSA) is 43.4 Å². The third kappa shape index (κ3) is 1.92. The molecule has 78 valence electrons. The van der Waals surface area contributed by atoms with Crippen LogP contribution in [0, 0.1) is 5.82 Å². The predicted octanol–water partition coefficient (Wildman–Crippen LogP) is 2.15. The molecule has 2 rings (SSSR count). The van der Waals surface area contributed by atoms with Crippen LogP contribution in [0.1, 0.15) is 17.9 Å². The van der Waals surface area contributed by atoms with E-state index in [0.29, 0.717) is 10.0 Å². The average Bonchev–Trinajstić information content (AvgIpc) is 2.50. The summed E-state index contributed by atoms with van der Waals surface area (Å²) >= 11 is 3.01. The van der Waals surface area contributed by atoms with Gasteiger partial charge in [0.15, 0.2) is 0 Å². The summed E-state index contributed by atoms with van der Waals surface area (Å²) < 4.78 is 17.9. The molecule has 0 bridgehead atoms. The number of halogens is 2. The maximum atomic E-state index is 13.2. The number of cyclic esters (lactones) is 2. The van der Waals surface area contributed by atoms with Crippen molar-refractivity contribution in [1.82, 2.24) is 0 Å². The number of rotatable bonds is 1. The van der Waals surface area contributed by atoms with Gasteiger partial charge in [0.05, 0.1) is 16.8 Å². The SMILES string of the molecule is O=C1CC(c2ccc(Br)c(F)c2)C(=O)O1. The minimum Gasteiger partial charge on any atom is -0.393 e. The van der Waals surface area contributed by atoms with Crippen molar-refractivity contribution in [2.75, 3.05) is 0 Å². The normalized spacial score (nSPS) is 20.5. The van der Waals surface area contributed by atoms with E-state index in [9.17, 15) is 14.0 Å². The molecule has 0 amide bonds. The van der Waals surface area contributed by atoms with E-state index in [-0.39, 0.29) is 6.42 Å². The quantitative estimate of drug-likeness (QED) is 0.581. The molecule has 1 unspecified atom stereocenters. The van der Waals surface area contributed by atoms with Gasteiger partial charge in [-0.05, 0) is 33.6 Å². The minimum atomic E-state index is -0.667. The van der Waals surface area contributed by atoms with Gasteiger partial charge in [-0.3, -0.25) is 9.59 Å². The van der Waals surface area contributed by atoms with Crippen molar-refractivity contribution in [2.45, 2.75) is 12.3 Å². The largest absolute Gasteiger partial charge is 0.393 e. The number of carbonyl (C=O) groups is 2. The molecule has 1 atom stereocenters. The Morgan fingerprint density at radius 1 is 1.40 bits per heavy atom. The summed E-state index contributed by atoms with van der Waals surface area (Å²) in [5, 5.41) is 0. The van der Waals surface area contributed by atoms with Gasteiger partial charge in [-0.2, -0.15) is 0 Å². The second-order valence-electron chi connectivity index (χ2n) is 3.22. The second kappa shape index (κ2) is 3.73. The third-order valence-electron chi connectivity index (χ3n) is 2.22. The van der Waals surface area contributed by atoms with E-state index in [1.54, 1.807) is 6.07 Å². The fourth-order valence-corrected chi connectivity index (χ4v) is 1.70. The maximum absolute atomic E-state index is 13.2. The molecule has 0 N–H and O–H groups in total. The Morgan fingerprint density at radius 2 is 2.13 bits per heavy atom. The molecule has 5 heteroatoms. The van der Waals surface area contributed by atoms with Crippen LogP contribution in [0.25, 0.3) is 0 Å². The van der Waals surface area contributed by atoms with E-state index in [1.165, 1.54) is 12.1 Å². The monoisotopic (exact) mass is 272 g/mol. The van der Waals surface area contributed by atoms with E-state index >= 15 is 0 Å². The first-order chi connectivity index (χ1) is 7.08. The Kier molecular flexibility index (Phi) is 2.56. The summed E-state index contributed by atoms with van der Waals surface area (Å²) in [5.41, 5.74) is 0.464. The summed E-state index contributed by atoms with van der Waals surface area (Å²) in [4.78, 5) is 22.0. The Bertz CT molecular complexity index is 444. The molecule has 1 aliphatic rings. The molecule has 0 aliphatic carbocycles. The lowest BCUT2D eigenvalue weighted by Crippen LogP contribution is -2.05. The Morgan fingerprint density at radius 3 is 2.67 bits per heavy atom. The number of ether oxygens (including phenoxy) is 1. The van der Waals surface area contributed by atoms with Crippen LogP contribution in [0.3, 0.4) is 0 Å². The fourth-order valence-electron chi connectivity index (χ4n) is 1.46. The number of hydrogen-bond donors (Lipinski definition) is 0. The first kappa shape index (κ1) is 10.3. The van der Waals surface area contributed by atoms with Crippen LogP contribution in [0.4, 0.5) is 4.39 Å². The molecular weight excluding hydrogens is 267 g/mol. The number of carbonyl (C=O) groups excluding carboxylic acids is 2. The van der Waals surface area contributed by atoms with E-state index in [1.807, 2.05) is 0 Å². The fraction of sp³-hybridized carbons (Fsp3) is 0.200. The van der Waals surface area contributed by atoms with Gasteiger partial charge in [0.25, 0.3) is 0 Å². The molecule has 1 saturated heterocycles. The highest BCUT2D eigenvalue weighted by atomic mass is 79.9. The lowest BCUT2D eigenvalue weighted by atomic mass is 9.98. The van der Waals surface area contributed by atoms with Crippen molar-refractivity contribution < 1.29 is 18.7 Å². The molecule has 1 aromatic rings. The summed E-state index contributed by atoms with van der Waals surface area (Å²) in [5.74, 6) is -2.30. The zero-order chi connectivity index (χ0) is 11.0. The molecule has 0 radical (unpaired) electrons. The zero-order valence-electron chi connectivity index (χ0n) is 7.50. The summed E-state index contributed by atoms with van der Waals surface area (Å²) in [7, 11) is 0. The third-order valence-corrected chi connectivity index (χ3v) is 2.86. The minimum absolute atomic E-state index is 0.0140. The molecular formula is C10H6BrFO3. The zero-order valence-corrected chi connectivity index (χ0v) is 9.08. The van der Waals surface area contributed by atoms with Crippen LogP contribution in [0.5, 0.6) is 0 Å². The van der Waals surface area contributed by atoms with Crippen molar-refractivity contribution in [3.8, 4) is 0 Å². The van der Waals surface area contributed by atoms with E-state index < -0.39 is 23.7 Å². The molecule has 1 heterocycles. The van der Waals surface area contributed by atoms with Crippen molar-refractivity contribution in [3.05, 3.63) is 34.1 Å². The van der Waals surface area contributed by atoms with E-state index in [2.05, 4.69) is 20.7 Å². The van der Waals surface area contributed by atoms with Crippen LogP contribution in [0.2, 0.25) is 0 Å². The van der Waals surface area contributed by atoms with E-state index in [0.717, 1.165) is 0 Å². The van der Waals surface area contributed by atoms with Crippen LogP contribution >= 0.6 is 15.9 Å². The van der Waals surface area contributed by atoms with Gasteiger partial charge in [0, 0.05) is 0 Å². The molecule has 0 spiro atoms. The predicted molar refractivity (Wildman–Crippen MR) is 52.6 cm³/mol. The molecule has 1 aliphatic heterocycles. The highest BCUT2D eigenvalue weighted by Gasteiger charge is 2.34. The Hall–Kier alpha value is -1.23. The first-order valence-electron chi connectivity index (χ1n) is 4.27. The van der Waals surface area contributed by atoms with Crippen molar-refractivity contribution in [3.63, 3.8) is 0 Å². The molecule has 1 fully saturated rings. The van der Waals surface area contributed by atoms with Crippen LogP contribution < -0.4 is 0 Å². The standard InChI is InChI=1S/C10H6BrFO3/c11-7-2-1-5(3-8(7)12)6-4-9(13)15-10(6)14/h1-3,6H,4H2. The number of benzene rings is 1. The number of esters is 2. The second-order valence-corrected chi connectivity index (χ2v) is 4.08. The van der Waals surface area contributed by atoms with Crippen LogP contribution in [0.15, 0.2) is 22.7 Å². The van der Waals surface area contributed by atoms with Gasteiger partial charge in [0.1, 0.15) is 5.82 Å². The lowest BCUT2D eigenvalue weighted by molar-refractivity contribution is -0.152. The highest BCUT2D eigenvalue weighted by molar-refractivity contribution is 9.10. The molecule has 0 aromatic heterocycles. The van der Waals surface area contributed by atoms with Crippen molar-refractivity contribution in [1.29, 1.82) is 0 Å². The summed E-state index contributed by atoms with van der Waals surface area (Å²) in [6, 6.07) is 4.33. The molecule has 15 heavy (non-hydrogen) atoms. The molecule has 3 nitrogen and oxygen atoms in total. The Balaban J connectivity index is 2.34. The van der Waals surface area contributed by atoms with Gasteiger partial charge in [-0.1, -0.05) is 6.07 Å². The van der Waals surface area contributed by atoms with Gasteiger partial charge in [-0.25, -0.2) is 4.39 Å². The average molecular weight is 273 g/mol. The number of hydrogen-bond acceptors (Lipinski definition) is 3. The maximum Gasteiger partial charge on any atom is 0.321 e. The molecule has 0 saturated carbocycles. The lowest BCUT2D eigenvalue weighted by Gasteiger charge is -2.05. The van der Waals surface area contributed by atoms with Crippen LogP contribution in [-0.2, 0) is 14.3 Å².